The average molecular weight is 355 g/mol. The zero-order valence-electron chi connectivity index (χ0n) is 13.4. The van der Waals surface area contributed by atoms with E-state index in [1.807, 2.05) is 5.38 Å². The highest BCUT2D eigenvalue weighted by Gasteiger charge is 2.06. The lowest BCUT2D eigenvalue weighted by Crippen LogP contribution is -2.35. The van der Waals surface area contributed by atoms with Crippen molar-refractivity contribution in [1.82, 2.24) is 19.6 Å². The van der Waals surface area contributed by atoms with E-state index in [9.17, 15) is 9.59 Å². The SMILES string of the molecule is CCN(CC)CCNC(=O)CSCc1cc(=O)n2ccsc2n1. The molecule has 1 N–H and O–H groups in total. The third-order valence-electron chi connectivity index (χ3n) is 3.48. The first-order chi connectivity index (χ1) is 11.1. The number of carbonyl (C=O) groups is 1. The van der Waals surface area contributed by atoms with Crippen LogP contribution in [0.4, 0.5) is 0 Å². The first-order valence-electron chi connectivity index (χ1n) is 7.66. The molecule has 2 aromatic rings. The highest BCUT2D eigenvalue weighted by Crippen LogP contribution is 2.12. The molecule has 2 rings (SSSR count). The Kier molecular flexibility index (Phi) is 7.07. The minimum atomic E-state index is -0.0736. The van der Waals surface area contributed by atoms with Crippen LogP contribution in [0.15, 0.2) is 22.4 Å². The van der Waals surface area contributed by atoms with Crippen molar-refractivity contribution in [2.75, 3.05) is 31.9 Å². The zero-order chi connectivity index (χ0) is 16.7. The Morgan fingerprint density at radius 3 is 2.96 bits per heavy atom. The lowest BCUT2D eigenvalue weighted by Gasteiger charge is -2.17. The van der Waals surface area contributed by atoms with Crippen molar-refractivity contribution in [3.05, 3.63) is 33.7 Å². The normalized spacial score (nSPS) is 11.3. The number of aromatic nitrogens is 2. The van der Waals surface area contributed by atoms with Crippen molar-refractivity contribution in [3.8, 4) is 0 Å². The number of carbonyl (C=O) groups excluding carboxylic acids is 1. The van der Waals surface area contributed by atoms with Crippen LogP contribution in [0.1, 0.15) is 19.5 Å². The highest BCUT2D eigenvalue weighted by molar-refractivity contribution is 7.99. The molecule has 0 unspecified atom stereocenters. The molecule has 2 aromatic heterocycles. The van der Waals surface area contributed by atoms with E-state index in [-0.39, 0.29) is 11.5 Å². The van der Waals surface area contributed by atoms with E-state index in [0.29, 0.717) is 23.0 Å². The maximum atomic E-state index is 11.9. The van der Waals surface area contributed by atoms with E-state index >= 15 is 0 Å². The van der Waals surface area contributed by atoms with E-state index in [0.717, 1.165) is 25.3 Å². The van der Waals surface area contributed by atoms with Crippen molar-refractivity contribution in [2.24, 2.45) is 0 Å². The van der Waals surface area contributed by atoms with E-state index in [1.165, 1.54) is 33.6 Å². The van der Waals surface area contributed by atoms with E-state index < -0.39 is 0 Å². The van der Waals surface area contributed by atoms with Gasteiger partial charge in [-0.15, -0.1) is 23.1 Å². The second kappa shape index (κ2) is 9.05. The molecule has 0 aliphatic carbocycles. The fourth-order valence-corrected chi connectivity index (χ4v) is 3.64. The van der Waals surface area contributed by atoms with Gasteiger partial charge in [-0.1, -0.05) is 13.8 Å². The van der Waals surface area contributed by atoms with Crippen molar-refractivity contribution in [1.29, 1.82) is 0 Å². The first kappa shape index (κ1) is 18.0. The number of thioether (sulfide) groups is 1. The van der Waals surface area contributed by atoms with Gasteiger partial charge < -0.3 is 10.2 Å². The van der Waals surface area contributed by atoms with Gasteiger partial charge in [0, 0.05) is 36.5 Å². The van der Waals surface area contributed by atoms with Gasteiger partial charge in [-0.2, -0.15) is 0 Å². The van der Waals surface area contributed by atoms with Gasteiger partial charge in [-0.25, -0.2) is 4.98 Å². The molecule has 126 valence electrons. The van der Waals surface area contributed by atoms with Crippen molar-refractivity contribution in [3.63, 3.8) is 0 Å². The number of likely N-dealkylation sites (N-methyl/N-ethyl adjacent to an activating group) is 1. The minimum Gasteiger partial charge on any atom is -0.354 e. The van der Waals surface area contributed by atoms with Gasteiger partial charge in [0.25, 0.3) is 5.56 Å². The topological polar surface area (TPSA) is 66.7 Å². The standard InChI is InChI=1S/C15H22N4O2S2/c1-3-18(4-2)6-5-16-13(20)11-22-10-12-9-14(21)19-7-8-23-15(19)17-12/h7-9H,3-6,10-11H2,1-2H3,(H,16,20). The van der Waals surface area contributed by atoms with Crippen LogP contribution in [0.3, 0.4) is 0 Å². The summed E-state index contributed by atoms with van der Waals surface area (Å²) >= 11 is 2.91. The van der Waals surface area contributed by atoms with E-state index in [1.54, 1.807) is 6.20 Å². The maximum Gasteiger partial charge on any atom is 0.258 e. The third kappa shape index (κ3) is 5.33. The average Bonchev–Trinajstić information content (AvgIpc) is 3.01. The Labute approximate surface area is 143 Å². The lowest BCUT2D eigenvalue weighted by molar-refractivity contribution is -0.118. The summed E-state index contributed by atoms with van der Waals surface area (Å²) in [5.74, 6) is 0.965. The van der Waals surface area contributed by atoms with Gasteiger partial charge in [-0.3, -0.25) is 14.0 Å². The maximum absolute atomic E-state index is 11.9. The van der Waals surface area contributed by atoms with Crippen LogP contribution in [0, 0.1) is 0 Å². The van der Waals surface area contributed by atoms with Crippen molar-refractivity contribution >= 4 is 34.0 Å². The van der Waals surface area contributed by atoms with Crippen LogP contribution >= 0.6 is 23.1 Å². The van der Waals surface area contributed by atoms with Gasteiger partial charge in [0.1, 0.15) is 0 Å². The summed E-state index contributed by atoms with van der Waals surface area (Å²) in [5.41, 5.74) is 0.647. The Morgan fingerprint density at radius 1 is 1.43 bits per heavy atom. The number of thiazole rings is 1. The second-order valence-corrected chi connectivity index (χ2v) is 6.87. The molecule has 6 nitrogen and oxygen atoms in total. The molecule has 0 atom stereocenters. The van der Waals surface area contributed by atoms with E-state index in [4.69, 9.17) is 0 Å². The van der Waals surface area contributed by atoms with Crippen LogP contribution < -0.4 is 10.9 Å². The molecule has 0 aliphatic heterocycles. The Morgan fingerprint density at radius 2 is 2.22 bits per heavy atom. The summed E-state index contributed by atoms with van der Waals surface area (Å²) in [6.45, 7) is 7.75. The molecule has 8 heteroatoms. The molecule has 0 fully saturated rings. The summed E-state index contributed by atoms with van der Waals surface area (Å²) in [6.07, 6.45) is 1.72. The van der Waals surface area contributed by atoms with Crippen LogP contribution in [0.5, 0.6) is 0 Å². The summed E-state index contributed by atoms with van der Waals surface area (Å²) in [7, 11) is 0. The highest BCUT2D eigenvalue weighted by atomic mass is 32.2. The first-order valence-corrected chi connectivity index (χ1v) is 9.70. The van der Waals surface area contributed by atoms with Crippen molar-refractivity contribution in [2.45, 2.75) is 19.6 Å². The quantitative estimate of drug-likeness (QED) is 0.738. The van der Waals surface area contributed by atoms with Crippen LogP contribution in [-0.4, -0.2) is 52.1 Å². The lowest BCUT2D eigenvalue weighted by atomic mass is 10.4. The third-order valence-corrected chi connectivity index (χ3v) is 5.21. The molecular weight excluding hydrogens is 332 g/mol. The number of amides is 1. The number of rotatable bonds is 9. The largest absolute Gasteiger partial charge is 0.354 e. The number of nitrogens with one attached hydrogen (secondary N) is 1. The molecule has 2 heterocycles. The van der Waals surface area contributed by atoms with Gasteiger partial charge in [0.2, 0.25) is 5.91 Å². The molecule has 0 aromatic carbocycles. The number of fused-ring (bicyclic) bond motifs is 1. The molecule has 0 saturated heterocycles. The van der Waals surface area contributed by atoms with Crippen LogP contribution in [-0.2, 0) is 10.5 Å². The molecule has 0 aliphatic rings. The molecule has 0 radical (unpaired) electrons. The minimum absolute atomic E-state index is 0.0241. The van der Waals surface area contributed by atoms with Crippen molar-refractivity contribution < 1.29 is 4.79 Å². The summed E-state index contributed by atoms with van der Waals surface area (Å²) in [4.78, 5) is 31.0. The molecular formula is C15H22N4O2S2. The van der Waals surface area contributed by atoms with E-state index in [2.05, 4.69) is 29.0 Å². The number of nitrogens with zero attached hydrogens (tertiary/aromatic N) is 3. The molecule has 1 amide bonds. The van der Waals surface area contributed by atoms with Gasteiger partial charge in [-0.05, 0) is 13.1 Å². The molecule has 0 saturated carbocycles. The van der Waals surface area contributed by atoms with Gasteiger partial charge in [0.15, 0.2) is 4.96 Å². The predicted octanol–water partition coefficient (Wildman–Crippen LogP) is 1.45. The molecule has 0 bridgehead atoms. The predicted molar refractivity (Wildman–Crippen MR) is 96.3 cm³/mol. The van der Waals surface area contributed by atoms with Gasteiger partial charge >= 0.3 is 0 Å². The summed E-state index contributed by atoms with van der Waals surface area (Å²) < 4.78 is 1.53. The van der Waals surface area contributed by atoms with Crippen LogP contribution in [0.2, 0.25) is 0 Å². The zero-order valence-corrected chi connectivity index (χ0v) is 15.1. The summed E-state index contributed by atoms with van der Waals surface area (Å²) in [6, 6.07) is 1.53. The Hall–Kier alpha value is -1.38. The fraction of sp³-hybridized carbons (Fsp3) is 0.533. The monoisotopic (exact) mass is 354 g/mol. The number of hydrogen-bond acceptors (Lipinski definition) is 6. The Balaban J connectivity index is 1.73. The number of hydrogen-bond donors (Lipinski definition) is 1. The smallest absolute Gasteiger partial charge is 0.258 e. The van der Waals surface area contributed by atoms with Crippen LogP contribution in [0.25, 0.3) is 4.96 Å². The second-order valence-electron chi connectivity index (χ2n) is 5.01. The molecule has 0 spiro atoms. The Bertz CT molecular complexity index is 694. The molecule has 23 heavy (non-hydrogen) atoms. The fourth-order valence-electron chi connectivity index (χ4n) is 2.15. The van der Waals surface area contributed by atoms with Gasteiger partial charge in [0.05, 0.1) is 11.4 Å². The summed E-state index contributed by atoms with van der Waals surface area (Å²) in [5, 5.41) is 4.76.